The van der Waals surface area contributed by atoms with E-state index < -0.39 is 0 Å². The number of hydrogen-bond donors (Lipinski definition) is 0. The van der Waals surface area contributed by atoms with E-state index in [0.29, 0.717) is 11.9 Å². The summed E-state index contributed by atoms with van der Waals surface area (Å²) >= 11 is 13.9. The lowest BCUT2D eigenvalue weighted by atomic mass is 10.1. The van der Waals surface area contributed by atoms with Gasteiger partial charge in [0, 0.05) is 43.1 Å². The Morgan fingerprint density at radius 2 is 1.96 bits per heavy atom. The van der Waals surface area contributed by atoms with Crippen LogP contribution >= 0.6 is 34.5 Å². The zero-order valence-corrected chi connectivity index (χ0v) is 17.9. The fraction of sp³-hybridized carbons (Fsp3) is 0.381. The molecule has 2 aromatic carbocycles. The van der Waals surface area contributed by atoms with Gasteiger partial charge in [0.2, 0.25) is 0 Å². The van der Waals surface area contributed by atoms with Crippen LogP contribution in [0.4, 0.5) is 5.13 Å². The molecule has 0 unspecified atom stereocenters. The molecule has 0 radical (unpaired) electrons. The van der Waals surface area contributed by atoms with Crippen LogP contribution in [0.25, 0.3) is 10.2 Å². The lowest BCUT2D eigenvalue weighted by molar-refractivity contribution is 0.181. The fourth-order valence-electron chi connectivity index (χ4n) is 3.78. The highest BCUT2D eigenvalue weighted by molar-refractivity contribution is 7.22. The van der Waals surface area contributed by atoms with Gasteiger partial charge in [0.25, 0.3) is 0 Å². The number of piperazine rings is 1. The maximum atomic E-state index is 6.12. The number of benzene rings is 2. The van der Waals surface area contributed by atoms with Crippen molar-refractivity contribution in [2.45, 2.75) is 32.3 Å². The van der Waals surface area contributed by atoms with E-state index in [0.717, 1.165) is 46.5 Å². The highest BCUT2D eigenvalue weighted by Crippen LogP contribution is 2.32. The maximum absolute atomic E-state index is 6.12. The predicted octanol–water partition coefficient (Wildman–Crippen LogP) is 5.71. The highest BCUT2D eigenvalue weighted by atomic mass is 35.5. The zero-order valence-electron chi connectivity index (χ0n) is 15.6. The number of thiazole rings is 1. The summed E-state index contributed by atoms with van der Waals surface area (Å²) in [7, 11) is 0. The average Bonchev–Trinajstić information content (AvgIpc) is 3.06. The molecular formula is C21H23Cl2N3S. The first kappa shape index (κ1) is 19.0. The molecular weight excluding hydrogens is 397 g/mol. The standard InChI is InChI=1S/C21H23Cl2N3S/c1-14-7-16(11-22)9-17(8-14)13-25-5-6-26(12-15(25)2)21-24-19-4-3-18(23)10-20(19)27-21/h3-4,7-10,15H,5-6,11-13H2,1-2H3/t15-/m0/s1. The molecule has 142 valence electrons. The number of aryl methyl sites for hydroxylation is 1. The summed E-state index contributed by atoms with van der Waals surface area (Å²) in [5.74, 6) is 0.569. The van der Waals surface area contributed by atoms with Crippen LogP contribution in [0.1, 0.15) is 23.6 Å². The molecule has 0 amide bonds. The summed E-state index contributed by atoms with van der Waals surface area (Å²) in [6, 6.07) is 13.0. The first-order valence-corrected chi connectivity index (χ1v) is 11.0. The Morgan fingerprint density at radius 3 is 2.74 bits per heavy atom. The number of aromatic nitrogens is 1. The van der Waals surface area contributed by atoms with Crippen molar-refractivity contribution in [3.05, 3.63) is 58.1 Å². The molecule has 0 bridgehead atoms. The lowest BCUT2D eigenvalue weighted by Crippen LogP contribution is -2.51. The summed E-state index contributed by atoms with van der Waals surface area (Å²) in [4.78, 5) is 9.76. The van der Waals surface area contributed by atoms with E-state index in [9.17, 15) is 0 Å². The molecule has 2 heterocycles. The molecule has 3 aromatic rings. The Kier molecular flexibility index (Phi) is 5.60. The maximum Gasteiger partial charge on any atom is 0.186 e. The average molecular weight is 420 g/mol. The minimum atomic E-state index is 0.467. The molecule has 1 aromatic heterocycles. The smallest absolute Gasteiger partial charge is 0.186 e. The van der Waals surface area contributed by atoms with Crippen LogP contribution in [0.3, 0.4) is 0 Å². The summed E-state index contributed by atoms with van der Waals surface area (Å²) < 4.78 is 1.15. The van der Waals surface area contributed by atoms with Gasteiger partial charge in [-0.05, 0) is 43.2 Å². The Bertz CT molecular complexity index is 956. The highest BCUT2D eigenvalue weighted by Gasteiger charge is 2.25. The van der Waals surface area contributed by atoms with Gasteiger partial charge >= 0.3 is 0 Å². The summed E-state index contributed by atoms with van der Waals surface area (Å²) in [6.07, 6.45) is 0. The van der Waals surface area contributed by atoms with Gasteiger partial charge in [-0.1, -0.05) is 46.7 Å². The molecule has 1 saturated heterocycles. The van der Waals surface area contributed by atoms with E-state index in [2.05, 4.69) is 41.8 Å². The van der Waals surface area contributed by atoms with E-state index >= 15 is 0 Å². The van der Waals surface area contributed by atoms with Gasteiger partial charge in [0.05, 0.1) is 10.2 Å². The van der Waals surface area contributed by atoms with Crippen molar-refractivity contribution in [1.82, 2.24) is 9.88 Å². The first-order valence-electron chi connectivity index (χ1n) is 9.22. The van der Waals surface area contributed by atoms with Gasteiger partial charge in [-0.25, -0.2) is 4.98 Å². The van der Waals surface area contributed by atoms with Gasteiger partial charge in [0.1, 0.15) is 0 Å². The third-order valence-corrected chi connectivity index (χ3v) is 6.73. The van der Waals surface area contributed by atoms with Crippen LogP contribution in [-0.2, 0) is 12.4 Å². The summed E-state index contributed by atoms with van der Waals surface area (Å²) in [5, 5.41) is 1.86. The third kappa shape index (κ3) is 4.24. The topological polar surface area (TPSA) is 19.4 Å². The van der Waals surface area contributed by atoms with Crippen LogP contribution in [0.2, 0.25) is 5.02 Å². The van der Waals surface area contributed by atoms with Gasteiger partial charge < -0.3 is 4.90 Å². The Balaban J connectivity index is 1.46. The molecule has 4 rings (SSSR count). The number of hydrogen-bond acceptors (Lipinski definition) is 4. The SMILES string of the molecule is Cc1cc(CCl)cc(CN2CCN(c3nc4ccc(Cl)cc4s3)C[C@@H]2C)c1. The summed E-state index contributed by atoms with van der Waals surface area (Å²) in [5.41, 5.74) is 4.86. The number of halogens is 2. The minimum absolute atomic E-state index is 0.467. The lowest BCUT2D eigenvalue weighted by Gasteiger charge is -2.39. The van der Waals surface area contributed by atoms with Crippen molar-refractivity contribution < 1.29 is 0 Å². The quantitative estimate of drug-likeness (QED) is 0.504. The molecule has 0 saturated carbocycles. The molecule has 0 aliphatic carbocycles. The van der Waals surface area contributed by atoms with Crippen molar-refractivity contribution in [3.8, 4) is 0 Å². The van der Waals surface area contributed by atoms with Crippen molar-refractivity contribution in [1.29, 1.82) is 0 Å². The van der Waals surface area contributed by atoms with Gasteiger partial charge in [0.15, 0.2) is 5.13 Å². The van der Waals surface area contributed by atoms with Crippen molar-refractivity contribution >= 4 is 49.9 Å². The number of rotatable bonds is 4. The summed E-state index contributed by atoms with van der Waals surface area (Å²) in [6.45, 7) is 8.42. The molecule has 6 heteroatoms. The van der Waals surface area contributed by atoms with Crippen molar-refractivity contribution in [2.75, 3.05) is 24.5 Å². The molecule has 27 heavy (non-hydrogen) atoms. The second-order valence-corrected chi connectivity index (χ2v) is 9.05. The molecule has 1 atom stereocenters. The fourth-order valence-corrected chi connectivity index (χ4v) is 5.21. The van der Waals surface area contributed by atoms with E-state index in [1.807, 2.05) is 18.2 Å². The normalized spacial score (nSPS) is 18.4. The van der Waals surface area contributed by atoms with Crippen molar-refractivity contribution in [3.63, 3.8) is 0 Å². The Hall–Kier alpha value is -1.33. The van der Waals surface area contributed by atoms with Crippen LogP contribution < -0.4 is 4.90 Å². The number of anilines is 1. The number of alkyl halides is 1. The number of nitrogens with zero attached hydrogens (tertiary/aromatic N) is 3. The number of fused-ring (bicyclic) bond motifs is 1. The van der Waals surface area contributed by atoms with Crippen molar-refractivity contribution in [2.24, 2.45) is 0 Å². The van der Waals surface area contributed by atoms with Crippen LogP contribution in [0.5, 0.6) is 0 Å². The van der Waals surface area contributed by atoms with Gasteiger partial charge in [-0.3, -0.25) is 4.90 Å². The van der Waals surface area contributed by atoms with Crippen LogP contribution in [0.15, 0.2) is 36.4 Å². The first-order chi connectivity index (χ1) is 13.0. The predicted molar refractivity (Wildman–Crippen MR) is 117 cm³/mol. The van der Waals surface area contributed by atoms with E-state index in [-0.39, 0.29) is 0 Å². The molecule has 0 N–H and O–H groups in total. The largest absolute Gasteiger partial charge is 0.345 e. The monoisotopic (exact) mass is 419 g/mol. The molecule has 3 nitrogen and oxygen atoms in total. The van der Waals surface area contributed by atoms with E-state index in [1.54, 1.807) is 11.3 Å². The minimum Gasteiger partial charge on any atom is -0.345 e. The third-order valence-electron chi connectivity index (χ3n) is 5.11. The van der Waals surface area contributed by atoms with E-state index in [1.165, 1.54) is 16.7 Å². The Morgan fingerprint density at radius 1 is 1.15 bits per heavy atom. The zero-order chi connectivity index (χ0) is 19.0. The molecule has 1 aliphatic heterocycles. The van der Waals surface area contributed by atoms with Gasteiger partial charge in [-0.15, -0.1) is 11.6 Å². The van der Waals surface area contributed by atoms with Gasteiger partial charge in [-0.2, -0.15) is 0 Å². The second-order valence-electron chi connectivity index (χ2n) is 7.33. The van der Waals surface area contributed by atoms with E-state index in [4.69, 9.17) is 28.2 Å². The van der Waals surface area contributed by atoms with Crippen LogP contribution in [0, 0.1) is 6.92 Å². The molecule has 1 fully saturated rings. The second kappa shape index (κ2) is 7.96. The Labute approximate surface area is 174 Å². The molecule has 1 aliphatic rings. The molecule has 0 spiro atoms. The van der Waals surface area contributed by atoms with Crippen LogP contribution in [-0.4, -0.2) is 35.6 Å².